The van der Waals surface area contributed by atoms with Crippen LogP contribution in [0.2, 0.25) is 0 Å². The van der Waals surface area contributed by atoms with Gasteiger partial charge in [0.2, 0.25) is 5.91 Å². The minimum absolute atomic E-state index is 0.697. The Labute approximate surface area is 124 Å². The van der Waals surface area contributed by atoms with E-state index in [4.69, 9.17) is 16.6 Å². The van der Waals surface area contributed by atoms with Crippen LogP contribution in [0, 0.1) is 0 Å². The van der Waals surface area contributed by atoms with Crippen molar-refractivity contribution in [1.29, 1.82) is 0 Å². The highest BCUT2D eigenvalue weighted by molar-refractivity contribution is 5.83. The molecule has 1 aliphatic heterocycles. The highest BCUT2D eigenvalue weighted by Gasteiger charge is 2.60. The van der Waals surface area contributed by atoms with Crippen molar-refractivity contribution in [3.8, 4) is 0 Å². The van der Waals surface area contributed by atoms with E-state index < -0.39 is 60.8 Å². The van der Waals surface area contributed by atoms with Crippen LogP contribution in [0.1, 0.15) is 6.92 Å². The van der Waals surface area contributed by atoms with E-state index in [1.807, 2.05) is 0 Å². The summed E-state index contributed by atoms with van der Waals surface area (Å²) in [7, 11) is 0. The Hall–Kier alpha value is -1.40. The standard InChI is InChI=1S/C11H19F2N3O6/c1-3(18)16-6-5(14)9(12)11(13,10(15)21)22-8(6)7(20)4(19)2-17/h4-9,17,19-20H,2,14H2,1H3,(H2,15,21)(H,16,18)/t4-,5?,6-,7-,8?,9+,11-/m1/s1. The molecular formula is C11H19F2N3O6. The molecule has 0 bridgehead atoms. The zero-order chi connectivity index (χ0) is 17.2. The summed E-state index contributed by atoms with van der Waals surface area (Å²) in [5.41, 5.74) is 10.2. The van der Waals surface area contributed by atoms with Gasteiger partial charge in [-0.3, -0.25) is 9.59 Å². The molecule has 0 aromatic rings. The van der Waals surface area contributed by atoms with Crippen molar-refractivity contribution in [2.75, 3.05) is 6.61 Å². The van der Waals surface area contributed by atoms with Gasteiger partial charge in [-0.2, -0.15) is 4.39 Å². The number of aliphatic hydroxyl groups is 3. The monoisotopic (exact) mass is 327 g/mol. The first-order valence-corrected chi connectivity index (χ1v) is 6.36. The topological polar surface area (TPSA) is 168 Å². The molecule has 128 valence electrons. The van der Waals surface area contributed by atoms with E-state index in [1.54, 1.807) is 0 Å². The minimum Gasteiger partial charge on any atom is -0.394 e. The largest absolute Gasteiger partial charge is 0.394 e. The van der Waals surface area contributed by atoms with Gasteiger partial charge in [-0.15, -0.1) is 0 Å². The maximum Gasteiger partial charge on any atom is 0.321 e. The van der Waals surface area contributed by atoms with Crippen molar-refractivity contribution < 1.29 is 38.4 Å². The van der Waals surface area contributed by atoms with Crippen LogP contribution in [-0.4, -0.2) is 76.2 Å². The summed E-state index contributed by atoms with van der Waals surface area (Å²) in [4.78, 5) is 22.3. The van der Waals surface area contributed by atoms with E-state index >= 15 is 0 Å². The quantitative estimate of drug-likeness (QED) is 0.303. The molecule has 8 N–H and O–H groups in total. The summed E-state index contributed by atoms with van der Waals surface area (Å²) in [5, 5.41) is 30.3. The second kappa shape index (κ2) is 6.79. The first-order chi connectivity index (χ1) is 10.1. The molecule has 11 heteroatoms. The molecule has 22 heavy (non-hydrogen) atoms. The summed E-state index contributed by atoms with van der Waals surface area (Å²) in [6.45, 7) is 0.120. The van der Waals surface area contributed by atoms with E-state index in [0.29, 0.717) is 0 Å². The number of rotatable bonds is 5. The molecular weight excluding hydrogens is 308 g/mol. The predicted molar refractivity (Wildman–Crippen MR) is 67.5 cm³/mol. The van der Waals surface area contributed by atoms with Gasteiger partial charge in [-0.1, -0.05) is 0 Å². The van der Waals surface area contributed by atoms with Gasteiger partial charge in [-0.25, -0.2) is 4.39 Å². The molecule has 0 saturated carbocycles. The van der Waals surface area contributed by atoms with Crippen molar-refractivity contribution in [3.63, 3.8) is 0 Å². The molecule has 0 radical (unpaired) electrons. The van der Waals surface area contributed by atoms with Crippen LogP contribution in [-0.2, 0) is 14.3 Å². The fraction of sp³-hybridized carbons (Fsp3) is 0.818. The Balaban J connectivity index is 3.19. The fourth-order valence-electron chi connectivity index (χ4n) is 2.20. The van der Waals surface area contributed by atoms with E-state index in [2.05, 4.69) is 10.1 Å². The molecule has 1 rings (SSSR count). The van der Waals surface area contributed by atoms with Crippen molar-refractivity contribution in [2.24, 2.45) is 11.5 Å². The maximum atomic E-state index is 14.3. The van der Waals surface area contributed by atoms with Crippen LogP contribution in [0.4, 0.5) is 8.78 Å². The molecule has 0 aromatic heterocycles. The van der Waals surface area contributed by atoms with E-state index in [0.717, 1.165) is 6.92 Å². The van der Waals surface area contributed by atoms with Crippen molar-refractivity contribution >= 4 is 11.8 Å². The Bertz CT molecular complexity index is 442. The molecule has 0 aromatic carbocycles. The molecule has 1 heterocycles. The van der Waals surface area contributed by atoms with Crippen LogP contribution in [0.15, 0.2) is 0 Å². The lowest BCUT2D eigenvalue weighted by Gasteiger charge is -2.46. The lowest BCUT2D eigenvalue weighted by molar-refractivity contribution is -0.266. The third-order valence-corrected chi connectivity index (χ3v) is 3.39. The number of aliphatic hydroxyl groups excluding tert-OH is 3. The van der Waals surface area contributed by atoms with Crippen molar-refractivity contribution in [3.05, 3.63) is 0 Å². The molecule has 0 spiro atoms. The number of alkyl halides is 2. The zero-order valence-corrected chi connectivity index (χ0v) is 11.6. The number of nitrogens with two attached hydrogens (primary N) is 2. The normalized spacial score (nSPS) is 38.1. The Morgan fingerprint density at radius 1 is 1.45 bits per heavy atom. The highest BCUT2D eigenvalue weighted by atomic mass is 19.2. The average molecular weight is 327 g/mol. The molecule has 2 amide bonds. The SMILES string of the molecule is CC(=O)N[C@H]1C([C@H](O)[C@H](O)CO)O[C@@](F)(C(N)=O)[C@@H](F)C1N. The molecule has 1 fully saturated rings. The third kappa shape index (κ3) is 3.33. The molecule has 1 aliphatic rings. The van der Waals surface area contributed by atoms with Crippen LogP contribution >= 0.6 is 0 Å². The number of ether oxygens (including phenoxy) is 1. The lowest BCUT2D eigenvalue weighted by Crippen LogP contribution is -2.74. The van der Waals surface area contributed by atoms with Gasteiger partial charge in [0.25, 0.3) is 5.91 Å². The Kier molecular flexibility index (Phi) is 5.76. The second-order valence-corrected chi connectivity index (χ2v) is 5.04. The molecule has 9 nitrogen and oxygen atoms in total. The second-order valence-electron chi connectivity index (χ2n) is 5.04. The van der Waals surface area contributed by atoms with Gasteiger partial charge in [0, 0.05) is 6.92 Å². The number of hydrogen-bond donors (Lipinski definition) is 6. The van der Waals surface area contributed by atoms with Crippen LogP contribution < -0.4 is 16.8 Å². The van der Waals surface area contributed by atoms with Gasteiger partial charge in [-0.05, 0) is 0 Å². The average Bonchev–Trinajstić information content (AvgIpc) is 2.45. The number of nitrogens with one attached hydrogen (secondary N) is 1. The number of hydrogen-bond acceptors (Lipinski definition) is 7. The summed E-state index contributed by atoms with van der Waals surface area (Å²) in [6.07, 6.45) is -8.29. The molecule has 0 aliphatic carbocycles. The van der Waals surface area contributed by atoms with E-state index in [9.17, 15) is 28.6 Å². The van der Waals surface area contributed by atoms with Crippen molar-refractivity contribution in [2.45, 2.75) is 49.3 Å². The van der Waals surface area contributed by atoms with Crippen molar-refractivity contribution in [1.82, 2.24) is 5.32 Å². The van der Waals surface area contributed by atoms with Crippen LogP contribution in [0.5, 0.6) is 0 Å². The van der Waals surface area contributed by atoms with Gasteiger partial charge < -0.3 is 36.8 Å². The number of amides is 2. The highest BCUT2D eigenvalue weighted by Crippen LogP contribution is 2.34. The Morgan fingerprint density at radius 2 is 2.00 bits per heavy atom. The Morgan fingerprint density at radius 3 is 2.41 bits per heavy atom. The lowest BCUT2D eigenvalue weighted by atomic mass is 9.86. The summed E-state index contributed by atoms with van der Waals surface area (Å²) < 4.78 is 32.9. The molecule has 1 saturated heterocycles. The first-order valence-electron chi connectivity index (χ1n) is 6.36. The van der Waals surface area contributed by atoms with Crippen LogP contribution in [0.25, 0.3) is 0 Å². The van der Waals surface area contributed by atoms with Gasteiger partial charge in [0.15, 0.2) is 6.17 Å². The summed E-state index contributed by atoms with van der Waals surface area (Å²) in [5.74, 6) is -6.15. The first kappa shape index (κ1) is 18.6. The fourth-order valence-corrected chi connectivity index (χ4v) is 2.20. The third-order valence-electron chi connectivity index (χ3n) is 3.39. The number of halogens is 2. The predicted octanol–water partition coefficient (Wildman–Crippen LogP) is -3.58. The van der Waals surface area contributed by atoms with Gasteiger partial charge >= 0.3 is 5.85 Å². The number of primary amides is 1. The number of carbonyl (C=O) groups is 2. The van der Waals surface area contributed by atoms with Gasteiger partial charge in [0.05, 0.1) is 18.7 Å². The maximum absolute atomic E-state index is 14.3. The minimum atomic E-state index is -3.64. The number of carbonyl (C=O) groups excluding carboxylic acids is 2. The van der Waals surface area contributed by atoms with E-state index in [1.165, 1.54) is 0 Å². The van der Waals surface area contributed by atoms with Crippen LogP contribution in [0.3, 0.4) is 0 Å². The smallest absolute Gasteiger partial charge is 0.321 e. The summed E-state index contributed by atoms with van der Waals surface area (Å²) >= 11 is 0. The van der Waals surface area contributed by atoms with Gasteiger partial charge in [0.1, 0.15) is 18.3 Å². The molecule has 2 unspecified atom stereocenters. The molecule has 7 atom stereocenters. The zero-order valence-electron chi connectivity index (χ0n) is 11.6. The summed E-state index contributed by atoms with van der Waals surface area (Å²) in [6, 6.07) is -3.26. The van der Waals surface area contributed by atoms with E-state index in [-0.39, 0.29) is 0 Å².